The number of nitrogens with zero attached hydrogens (tertiary/aromatic N) is 5. The third kappa shape index (κ3) is 3.02. The molecule has 2 aromatic rings. The van der Waals surface area contributed by atoms with Gasteiger partial charge in [-0.1, -0.05) is 5.10 Å². The molecule has 1 atom stereocenters. The number of rotatable bonds is 3. The number of anilines is 1. The Balaban J connectivity index is 2.04. The Bertz CT molecular complexity index is 610. The van der Waals surface area contributed by atoms with Crippen molar-refractivity contribution in [1.82, 2.24) is 30.5 Å². The molecule has 0 fully saturated rings. The Morgan fingerprint density at radius 3 is 2.55 bits per heavy atom. The Kier molecular flexibility index (Phi) is 3.82. The van der Waals surface area contributed by atoms with Crippen molar-refractivity contribution in [2.75, 3.05) is 5.32 Å². The highest BCUT2D eigenvalue weighted by Gasteiger charge is 2.19. The van der Waals surface area contributed by atoms with Crippen molar-refractivity contribution < 1.29 is 13.6 Å². The second-order valence-electron chi connectivity index (χ2n) is 3.94. The third-order valence-corrected chi connectivity index (χ3v) is 2.40. The van der Waals surface area contributed by atoms with Gasteiger partial charge in [0, 0.05) is 5.56 Å². The summed E-state index contributed by atoms with van der Waals surface area (Å²) in [4.78, 5) is 16.1. The van der Waals surface area contributed by atoms with Crippen LogP contribution in [0, 0.1) is 11.6 Å². The van der Waals surface area contributed by atoms with Gasteiger partial charge in [-0.3, -0.25) is 10.3 Å². The largest absolute Gasteiger partial charge is 0.331 e. The number of aromatic nitrogens is 5. The zero-order valence-corrected chi connectivity index (χ0v) is 10.6. The van der Waals surface area contributed by atoms with E-state index in [-0.39, 0.29) is 11.5 Å². The van der Waals surface area contributed by atoms with Gasteiger partial charge >= 0.3 is 6.03 Å². The molecule has 20 heavy (non-hydrogen) atoms. The zero-order chi connectivity index (χ0) is 14.7. The molecule has 0 bridgehead atoms. The van der Waals surface area contributed by atoms with E-state index in [1.54, 1.807) is 0 Å². The van der Waals surface area contributed by atoms with Gasteiger partial charge in [-0.15, -0.1) is 5.10 Å². The van der Waals surface area contributed by atoms with Crippen LogP contribution in [0.15, 0.2) is 12.4 Å². The average molecular weight is 283 g/mol. The van der Waals surface area contributed by atoms with Crippen molar-refractivity contribution in [3.63, 3.8) is 0 Å². The van der Waals surface area contributed by atoms with Gasteiger partial charge in [0.25, 0.3) is 5.95 Å². The molecule has 0 saturated heterocycles. The molecule has 1 unspecified atom stereocenters. The Hall–Kier alpha value is -2.65. The van der Waals surface area contributed by atoms with Crippen LogP contribution in [0.5, 0.6) is 0 Å². The Morgan fingerprint density at radius 1 is 1.35 bits per heavy atom. The first-order valence-corrected chi connectivity index (χ1v) is 5.57. The number of halogens is 2. The second-order valence-corrected chi connectivity index (χ2v) is 3.94. The summed E-state index contributed by atoms with van der Waals surface area (Å²) in [6.45, 7) is 1.44. The summed E-state index contributed by atoms with van der Waals surface area (Å²) in [6, 6.07) is -1.60. The van der Waals surface area contributed by atoms with E-state index in [1.807, 2.05) is 0 Å². The third-order valence-electron chi connectivity index (χ3n) is 2.40. The van der Waals surface area contributed by atoms with Crippen LogP contribution >= 0.6 is 0 Å². The summed E-state index contributed by atoms with van der Waals surface area (Å²) in [5, 5.41) is 15.4. The number of hydrogen-bond acceptors (Lipinski definition) is 5. The van der Waals surface area contributed by atoms with E-state index >= 15 is 0 Å². The predicted molar refractivity (Wildman–Crippen MR) is 63.5 cm³/mol. The fraction of sp³-hybridized carbons (Fsp3) is 0.300. The maximum atomic E-state index is 13.5. The minimum absolute atomic E-state index is 0.0205. The number of pyridine rings is 1. The van der Waals surface area contributed by atoms with E-state index in [4.69, 9.17) is 0 Å². The first-order chi connectivity index (χ1) is 9.47. The van der Waals surface area contributed by atoms with Gasteiger partial charge in [0.15, 0.2) is 0 Å². The maximum absolute atomic E-state index is 13.5. The molecule has 0 saturated carbocycles. The molecule has 2 heterocycles. The molecule has 0 aromatic carbocycles. The van der Waals surface area contributed by atoms with Crippen LogP contribution in [0.25, 0.3) is 0 Å². The lowest BCUT2D eigenvalue weighted by Gasteiger charge is -2.15. The summed E-state index contributed by atoms with van der Waals surface area (Å²) in [7, 11) is 1.53. The Morgan fingerprint density at radius 2 is 2.00 bits per heavy atom. The highest BCUT2D eigenvalue weighted by Crippen LogP contribution is 2.19. The predicted octanol–water partition coefficient (Wildman–Crippen LogP) is 0.766. The lowest BCUT2D eigenvalue weighted by Crippen LogP contribution is -2.32. The molecular weight excluding hydrogens is 272 g/mol. The lowest BCUT2D eigenvalue weighted by atomic mass is 10.1. The quantitative estimate of drug-likeness (QED) is 0.867. The van der Waals surface area contributed by atoms with Gasteiger partial charge in [-0.05, 0) is 12.1 Å². The summed E-state index contributed by atoms with van der Waals surface area (Å²) in [6.07, 6.45) is 1.75. The number of urea groups is 1. The Labute approximate surface area is 112 Å². The van der Waals surface area contributed by atoms with Crippen LogP contribution in [0.4, 0.5) is 19.5 Å². The molecule has 106 valence electrons. The van der Waals surface area contributed by atoms with Crippen LogP contribution in [0.2, 0.25) is 0 Å². The highest BCUT2D eigenvalue weighted by molar-refractivity contribution is 5.87. The molecule has 2 rings (SSSR count). The van der Waals surface area contributed by atoms with Crippen LogP contribution in [-0.4, -0.2) is 31.2 Å². The van der Waals surface area contributed by atoms with E-state index in [0.717, 1.165) is 17.2 Å². The van der Waals surface area contributed by atoms with Crippen molar-refractivity contribution in [2.24, 2.45) is 7.05 Å². The number of aryl methyl sites for hydroxylation is 1. The minimum Gasteiger partial charge on any atom is -0.331 e. The van der Waals surface area contributed by atoms with Crippen LogP contribution in [0.3, 0.4) is 0 Å². The molecule has 2 aromatic heterocycles. The van der Waals surface area contributed by atoms with Gasteiger partial charge in [0.05, 0.1) is 25.5 Å². The molecule has 0 spiro atoms. The minimum atomic E-state index is -0.894. The van der Waals surface area contributed by atoms with Gasteiger partial charge in [-0.2, -0.15) is 4.80 Å². The highest BCUT2D eigenvalue weighted by atomic mass is 19.1. The second kappa shape index (κ2) is 5.55. The summed E-state index contributed by atoms with van der Waals surface area (Å²) in [5.74, 6) is -1.70. The molecule has 0 radical (unpaired) electrons. The van der Waals surface area contributed by atoms with Crippen molar-refractivity contribution in [1.29, 1.82) is 0 Å². The number of hydrogen-bond donors (Lipinski definition) is 2. The molecule has 0 aliphatic carbocycles. The summed E-state index contributed by atoms with van der Waals surface area (Å²) in [5.41, 5.74) is -0.276. The fourth-order valence-corrected chi connectivity index (χ4v) is 1.58. The van der Waals surface area contributed by atoms with Gasteiger partial charge in [-0.25, -0.2) is 13.6 Å². The number of tetrazole rings is 1. The van der Waals surface area contributed by atoms with Crippen molar-refractivity contribution in [2.45, 2.75) is 13.0 Å². The van der Waals surface area contributed by atoms with E-state index < -0.39 is 23.7 Å². The monoisotopic (exact) mass is 283 g/mol. The van der Waals surface area contributed by atoms with Gasteiger partial charge in [0.1, 0.15) is 11.6 Å². The standard InChI is InChI=1S/C10H11F2N7O/c1-5(8-6(11)3-13-4-7(8)12)14-10(20)15-9-16-18-19(2)17-9/h3-5H,1-2H3,(H2,14,15,17,20). The van der Waals surface area contributed by atoms with E-state index in [0.29, 0.717) is 0 Å². The van der Waals surface area contributed by atoms with Crippen molar-refractivity contribution in [3.8, 4) is 0 Å². The van der Waals surface area contributed by atoms with Crippen LogP contribution in [-0.2, 0) is 7.05 Å². The van der Waals surface area contributed by atoms with E-state index in [1.165, 1.54) is 14.0 Å². The number of carbonyl (C=O) groups excluding carboxylic acids is 1. The van der Waals surface area contributed by atoms with Crippen LogP contribution < -0.4 is 10.6 Å². The van der Waals surface area contributed by atoms with E-state index in [9.17, 15) is 13.6 Å². The van der Waals surface area contributed by atoms with Gasteiger partial charge < -0.3 is 5.32 Å². The first-order valence-electron chi connectivity index (χ1n) is 5.57. The lowest BCUT2D eigenvalue weighted by molar-refractivity contribution is 0.248. The van der Waals surface area contributed by atoms with Crippen molar-refractivity contribution in [3.05, 3.63) is 29.6 Å². The molecule has 8 nitrogen and oxygen atoms in total. The topological polar surface area (TPSA) is 97.6 Å². The van der Waals surface area contributed by atoms with Gasteiger partial charge in [0.2, 0.25) is 0 Å². The molecular formula is C10H11F2N7O. The maximum Gasteiger partial charge on any atom is 0.322 e. The normalized spacial score (nSPS) is 12.0. The molecule has 2 amide bonds. The SMILES string of the molecule is CC(NC(=O)Nc1nnn(C)n1)c1c(F)cncc1F. The smallest absolute Gasteiger partial charge is 0.322 e. The zero-order valence-electron chi connectivity index (χ0n) is 10.6. The number of nitrogens with one attached hydrogen (secondary N) is 2. The molecule has 0 aliphatic heterocycles. The van der Waals surface area contributed by atoms with Crippen LogP contribution in [0.1, 0.15) is 18.5 Å². The number of amides is 2. The fourth-order valence-electron chi connectivity index (χ4n) is 1.58. The summed E-state index contributed by atoms with van der Waals surface area (Å²) < 4.78 is 26.9. The molecule has 0 aliphatic rings. The summed E-state index contributed by atoms with van der Waals surface area (Å²) >= 11 is 0. The molecule has 10 heteroatoms. The molecule has 2 N–H and O–H groups in total. The average Bonchev–Trinajstić information content (AvgIpc) is 2.74. The van der Waals surface area contributed by atoms with Crippen molar-refractivity contribution >= 4 is 12.0 Å². The van der Waals surface area contributed by atoms with E-state index in [2.05, 4.69) is 31.0 Å². The number of carbonyl (C=O) groups is 1. The first kappa shape index (κ1) is 13.8.